The minimum atomic E-state index is -0.519. The van der Waals surface area contributed by atoms with E-state index in [1.54, 1.807) is 6.07 Å². The number of amides is 1. The van der Waals surface area contributed by atoms with Crippen LogP contribution in [-0.2, 0) is 4.79 Å². The highest BCUT2D eigenvalue weighted by molar-refractivity contribution is 6.02. The van der Waals surface area contributed by atoms with Crippen LogP contribution in [-0.4, -0.2) is 25.6 Å². The Balaban J connectivity index is 1.68. The van der Waals surface area contributed by atoms with E-state index in [-0.39, 0.29) is 17.1 Å². The average molecular weight is 452 g/mol. The van der Waals surface area contributed by atoms with E-state index in [1.807, 2.05) is 39.0 Å². The maximum Gasteiger partial charge on any atom is 0.270 e. The molecular weight excluding hydrogens is 432 g/mol. The third-order valence-corrected chi connectivity index (χ3v) is 5.30. The molecule has 2 aromatic heterocycles. The first-order valence-corrected chi connectivity index (χ1v) is 10.4. The second-order valence-corrected chi connectivity index (χ2v) is 7.88. The van der Waals surface area contributed by atoms with E-state index in [2.05, 4.69) is 16.5 Å². The second-order valence-electron chi connectivity index (χ2n) is 7.88. The third kappa shape index (κ3) is 4.38. The summed E-state index contributed by atoms with van der Waals surface area (Å²) in [7, 11) is 0. The molecule has 0 fully saturated rings. The Morgan fingerprint density at radius 2 is 1.97 bits per heavy atom. The van der Waals surface area contributed by atoms with Crippen LogP contribution in [0.2, 0.25) is 0 Å². The van der Waals surface area contributed by atoms with E-state index in [1.165, 1.54) is 41.2 Å². The summed E-state index contributed by atoms with van der Waals surface area (Å²) in [5.74, 6) is 0.137. The first-order valence-electron chi connectivity index (χ1n) is 10.4. The van der Waals surface area contributed by atoms with Crippen LogP contribution in [0.4, 0.5) is 11.5 Å². The molecule has 0 saturated heterocycles. The number of rotatable bonds is 5. The van der Waals surface area contributed by atoms with Crippen molar-refractivity contribution < 1.29 is 9.72 Å². The number of aryl methyl sites for hydroxylation is 3. The van der Waals surface area contributed by atoms with Gasteiger partial charge in [-0.15, -0.1) is 0 Å². The number of non-ortho nitro benzene ring substituents is 1. The first kappa shape index (κ1) is 22.4. The lowest BCUT2D eigenvalue weighted by Crippen LogP contribution is -2.14. The largest absolute Gasteiger partial charge is 0.306 e. The topological polar surface area (TPSA) is 127 Å². The van der Waals surface area contributed by atoms with Crippen molar-refractivity contribution in [2.45, 2.75) is 20.8 Å². The quantitative estimate of drug-likeness (QED) is 0.264. The Labute approximate surface area is 195 Å². The number of nitrogens with zero attached hydrogens (tertiary/aromatic N) is 5. The van der Waals surface area contributed by atoms with Gasteiger partial charge in [0.25, 0.3) is 5.69 Å². The number of carbonyl (C=O) groups is 1. The molecule has 0 bridgehead atoms. The first-order chi connectivity index (χ1) is 16.3. The van der Waals surface area contributed by atoms with Gasteiger partial charge in [-0.05, 0) is 55.7 Å². The molecule has 4 rings (SSSR count). The molecule has 0 radical (unpaired) electrons. The number of nitro groups is 1. The number of anilines is 1. The molecular formula is C25H20N6O3. The van der Waals surface area contributed by atoms with Gasteiger partial charge in [-0.2, -0.15) is 15.0 Å². The standard InChI is InChI=1S/C25H20N6O3/c1-15-9-17(3)24-21(10-15)16(2)11-22(28-24)30-25(19(13-26)14-27-30)29-23(32)8-7-18-5-4-6-20(12-18)31(33)34/h4-12,14H,1-3H3,(H,29,32)/b8-7+. The fourth-order valence-electron chi connectivity index (χ4n) is 3.73. The molecule has 1 N–H and O–H groups in total. The van der Waals surface area contributed by atoms with Crippen LogP contribution in [0.5, 0.6) is 0 Å². The summed E-state index contributed by atoms with van der Waals surface area (Å²) in [5.41, 5.74) is 4.56. The molecule has 0 unspecified atom stereocenters. The second kappa shape index (κ2) is 8.96. The lowest BCUT2D eigenvalue weighted by atomic mass is 10.0. The van der Waals surface area contributed by atoms with Crippen molar-refractivity contribution in [3.63, 3.8) is 0 Å². The number of aromatic nitrogens is 3. The average Bonchev–Trinajstić information content (AvgIpc) is 3.20. The van der Waals surface area contributed by atoms with E-state index >= 15 is 0 Å². The summed E-state index contributed by atoms with van der Waals surface area (Å²) in [6, 6.07) is 13.9. The van der Waals surface area contributed by atoms with Crippen LogP contribution in [0.15, 0.2) is 54.7 Å². The van der Waals surface area contributed by atoms with Gasteiger partial charge in [0.1, 0.15) is 11.6 Å². The highest BCUT2D eigenvalue weighted by Crippen LogP contribution is 2.26. The molecule has 9 nitrogen and oxygen atoms in total. The number of fused-ring (bicyclic) bond motifs is 1. The molecule has 0 atom stereocenters. The lowest BCUT2D eigenvalue weighted by molar-refractivity contribution is -0.384. The zero-order valence-corrected chi connectivity index (χ0v) is 18.7. The highest BCUT2D eigenvalue weighted by atomic mass is 16.6. The Morgan fingerprint density at radius 3 is 2.71 bits per heavy atom. The number of nitriles is 1. The molecule has 2 heterocycles. The number of nitro benzene ring substituents is 1. The van der Waals surface area contributed by atoms with Gasteiger partial charge < -0.3 is 5.32 Å². The number of benzene rings is 2. The lowest BCUT2D eigenvalue weighted by Gasteiger charge is -2.12. The van der Waals surface area contributed by atoms with Gasteiger partial charge in [0, 0.05) is 23.6 Å². The third-order valence-electron chi connectivity index (χ3n) is 5.30. The van der Waals surface area contributed by atoms with Gasteiger partial charge in [-0.25, -0.2) is 4.98 Å². The van der Waals surface area contributed by atoms with Gasteiger partial charge in [-0.3, -0.25) is 14.9 Å². The van der Waals surface area contributed by atoms with E-state index in [4.69, 9.17) is 4.98 Å². The zero-order valence-electron chi connectivity index (χ0n) is 18.7. The molecule has 1 amide bonds. The van der Waals surface area contributed by atoms with Gasteiger partial charge in [0.05, 0.1) is 16.6 Å². The predicted molar refractivity (Wildman–Crippen MR) is 129 cm³/mol. The van der Waals surface area contributed by atoms with E-state index < -0.39 is 10.8 Å². The molecule has 0 spiro atoms. The maximum atomic E-state index is 12.6. The molecule has 168 valence electrons. The molecule has 2 aromatic carbocycles. The molecule has 0 aliphatic carbocycles. The number of pyridine rings is 1. The zero-order chi connectivity index (χ0) is 24.4. The molecule has 0 saturated carbocycles. The number of hydrogen-bond acceptors (Lipinski definition) is 6. The van der Waals surface area contributed by atoms with E-state index in [0.29, 0.717) is 11.4 Å². The smallest absolute Gasteiger partial charge is 0.270 e. The fourth-order valence-corrected chi connectivity index (χ4v) is 3.73. The van der Waals surface area contributed by atoms with Crippen molar-refractivity contribution in [1.29, 1.82) is 5.26 Å². The van der Waals surface area contributed by atoms with Crippen molar-refractivity contribution in [3.05, 3.63) is 92.7 Å². The van der Waals surface area contributed by atoms with Crippen molar-refractivity contribution in [2.75, 3.05) is 5.32 Å². The molecule has 34 heavy (non-hydrogen) atoms. The Hall–Kier alpha value is -4.84. The van der Waals surface area contributed by atoms with Crippen molar-refractivity contribution in [1.82, 2.24) is 14.8 Å². The Kier molecular flexibility index (Phi) is 5.89. The maximum absolute atomic E-state index is 12.6. The number of nitrogens with one attached hydrogen (secondary N) is 1. The number of carbonyl (C=O) groups excluding carboxylic acids is 1. The molecule has 0 aliphatic rings. The minimum Gasteiger partial charge on any atom is -0.306 e. The van der Waals surface area contributed by atoms with Crippen molar-refractivity contribution >= 4 is 34.4 Å². The molecule has 9 heteroatoms. The monoisotopic (exact) mass is 452 g/mol. The fraction of sp³-hybridized carbons (Fsp3) is 0.120. The Bertz CT molecular complexity index is 1530. The van der Waals surface area contributed by atoms with Gasteiger partial charge in [0.2, 0.25) is 5.91 Å². The van der Waals surface area contributed by atoms with Crippen LogP contribution in [0.1, 0.15) is 27.8 Å². The SMILES string of the molecule is Cc1cc(C)c2nc(-n3ncc(C#N)c3NC(=O)/C=C/c3cccc([N+](=O)[O-])c3)cc(C)c2c1. The summed E-state index contributed by atoms with van der Waals surface area (Å²) >= 11 is 0. The van der Waals surface area contributed by atoms with Crippen LogP contribution in [0, 0.1) is 42.2 Å². The molecule has 0 aliphatic heterocycles. The van der Waals surface area contributed by atoms with Crippen LogP contribution in [0.3, 0.4) is 0 Å². The van der Waals surface area contributed by atoms with E-state index in [0.717, 1.165) is 27.6 Å². The molecule has 4 aromatic rings. The van der Waals surface area contributed by atoms with Gasteiger partial charge in [0.15, 0.2) is 11.6 Å². The van der Waals surface area contributed by atoms with Crippen LogP contribution in [0.25, 0.3) is 22.8 Å². The number of hydrogen-bond donors (Lipinski definition) is 1. The van der Waals surface area contributed by atoms with Crippen LogP contribution < -0.4 is 5.32 Å². The van der Waals surface area contributed by atoms with Gasteiger partial charge >= 0.3 is 0 Å². The highest BCUT2D eigenvalue weighted by Gasteiger charge is 2.17. The summed E-state index contributed by atoms with van der Waals surface area (Å²) in [6.45, 7) is 5.99. The summed E-state index contributed by atoms with van der Waals surface area (Å²) in [5, 5.41) is 28.5. The Morgan fingerprint density at radius 1 is 1.18 bits per heavy atom. The van der Waals surface area contributed by atoms with Gasteiger partial charge in [-0.1, -0.05) is 23.8 Å². The predicted octanol–water partition coefficient (Wildman–Crippen LogP) is 4.78. The summed E-state index contributed by atoms with van der Waals surface area (Å²) in [6.07, 6.45) is 4.06. The van der Waals surface area contributed by atoms with Crippen molar-refractivity contribution in [3.8, 4) is 11.9 Å². The summed E-state index contributed by atoms with van der Waals surface area (Å²) < 4.78 is 1.42. The van der Waals surface area contributed by atoms with E-state index in [9.17, 15) is 20.2 Å². The summed E-state index contributed by atoms with van der Waals surface area (Å²) in [4.78, 5) is 27.8. The minimum absolute atomic E-state index is 0.0735. The van der Waals surface area contributed by atoms with Crippen LogP contribution >= 0.6 is 0 Å². The normalized spacial score (nSPS) is 11.0. The van der Waals surface area contributed by atoms with Crippen molar-refractivity contribution in [2.24, 2.45) is 0 Å².